The summed E-state index contributed by atoms with van der Waals surface area (Å²) < 4.78 is 18.1. The van der Waals surface area contributed by atoms with Gasteiger partial charge in [0, 0.05) is 40.3 Å². The van der Waals surface area contributed by atoms with E-state index >= 15 is 0 Å². The molecule has 1 fully saturated rings. The van der Waals surface area contributed by atoms with Gasteiger partial charge < -0.3 is 15.4 Å². The molecule has 3 rings (SSSR count). The summed E-state index contributed by atoms with van der Waals surface area (Å²) >= 11 is 0. The highest BCUT2D eigenvalue weighted by molar-refractivity contribution is 7.85. The molecule has 0 heterocycles. The van der Waals surface area contributed by atoms with Gasteiger partial charge in [0.05, 0.1) is 6.54 Å². The molecular formula is C22H31N3O2S. The predicted molar refractivity (Wildman–Crippen MR) is 119 cm³/mol. The van der Waals surface area contributed by atoms with Crippen LogP contribution in [0.2, 0.25) is 0 Å². The van der Waals surface area contributed by atoms with Crippen molar-refractivity contribution >= 4 is 27.5 Å². The average molecular weight is 402 g/mol. The Labute approximate surface area is 170 Å². The van der Waals surface area contributed by atoms with Gasteiger partial charge in [0.15, 0.2) is 5.96 Å². The van der Waals surface area contributed by atoms with Crippen molar-refractivity contribution in [3.8, 4) is 5.75 Å². The highest BCUT2D eigenvalue weighted by Gasteiger charge is 2.25. The first-order chi connectivity index (χ1) is 13.7. The minimum atomic E-state index is -0.711. The number of rotatable bonds is 7. The summed E-state index contributed by atoms with van der Waals surface area (Å²) in [4.78, 5) is 4.33. The second kappa shape index (κ2) is 10.5. The van der Waals surface area contributed by atoms with E-state index in [0.29, 0.717) is 24.4 Å². The van der Waals surface area contributed by atoms with Crippen LogP contribution >= 0.6 is 0 Å². The van der Waals surface area contributed by atoms with Crippen molar-refractivity contribution in [2.75, 3.05) is 26.0 Å². The topological polar surface area (TPSA) is 62.7 Å². The second-order valence-electron chi connectivity index (χ2n) is 7.12. The number of nitrogens with zero attached hydrogens (tertiary/aromatic N) is 1. The van der Waals surface area contributed by atoms with Gasteiger partial charge >= 0.3 is 0 Å². The van der Waals surface area contributed by atoms with Crippen molar-refractivity contribution in [1.29, 1.82) is 0 Å². The quantitative estimate of drug-likeness (QED) is 0.424. The maximum Gasteiger partial charge on any atom is 0.191 e. The third-order valence-corrected chi connectivity index (χ3v) is 6.99. The van der Waals surface area contributed by atoms with Crippen LogP contribution in [0.3, 0.4) is 0 Å². The number of guanidine groups is 1. The first-order valence-corrected chi connectivity index (χ1v) is 11.5. The standard InChI is InChI=1S/C22H31N3O2S/c1-3-28(26)19-11-7-10-18(16-19)25-22(23-2)24-14-15-27-21-13-6-9-17-8-4-5-12-20(17)21/h4-6,8-9,12-13,18-19H,3,7,10-11,14-16H2,1-2H3,(H2,23,24,25). The monoisotopic (exact) mass is 401 g/mol. The van der Waals surface area contributed by atoms with Crippen LogP contribution in [0.4, 0.5) is 0 Å². The molecule has 1 aliphatic rings. The molecule has 2 aromatic rings. The Kier molecular flexibility index (Phi) is 7.71. The average Bonchev–Trinajstić information content (AvgIpc) is 2.75. The molecule has 2 N–H and O–H groups in total. The summed E-state index contributed by atoms with van der Waals surface area (Å²) in [6.45, 7) is 3.23. The highest BCUT2D eigenvalue weighted by atomic mass is 32.2. The van der Waals surface area contributed by atoms with Crippen LogP contribution < -0.4 is 15.4 Å². The summed E-state index contributed by atoms with van der Waals surface area (Å²) in [5.41, 5.74) is 0. The van der Waals surface area contributed by atoms with Gasteiger partial charge in [-0.2, -0.15) is 0 Å². The lowest BCUT2D eigenvalue weighted by atomic mass is 9.95. The molecule has 2 aromatic carbocycles. The zero-order valence-electron chi connectivity index (χ0n) is 16.8. The maximum absolute atomic E-state index is 12.1. The van der Waals surface area contributed by atoms with E-state index in [4.69, 9.17) is 4.74 Å². The molecule has 152 valence electrons. The predicted octanol–water partition coefficient (Wildman–Crippen LogP) is 3.46. The smallest absolute Gasteiger partial charge is 0.191 e. The third-order valence-electron chi connectivity index (χ3n) is 5.25. The Hall–Kier alpha value is -2.08. The fourth-order valence-corrected chi connectivity index (χ4v) is 5.14. The molecular weight excluding hydrogens is 370 g/mol. The first-order valence-electron chi connectivity index (χ1n) is 10.2. The third kappa shape index (κ3) is 5.47. The minimum Gasteiger partial charge on any atom is -0.491 e. The first kappa shape index (κ1) is 20.6. The number of fused-ring (bicyclic) bond motifs is 1. The fraction of sp³-hybridized carbons (Fsp3) is 0.500. The van der Waals surface area contributed by atoms with E-state index in [9.17, 15) is 4.21 Å². The summed E-state index contributed by atoms with van der Waals surface area (Å²) in [7, 11) is 1.07. The van der Waals surface area contributed by atoms with Crippen LogP contribution in [0.5, 0.6) is 5.75 Å². The van der Waals surface area contributed by atoms with Crippen LogP contribution in [0, 0.1) is 0 Å². The van der Waals surface area contributed by atoms with Gasteiger partial charge in [-0.3, -0.25) is 9.20 Å². The summed E-state index contributed by atoms with van der Waals surface area (Å²) in [6.07, 6.45) is 4.25. The Morgan fingerprint density at radius 3 is 2.86 bits per heavy atom. The summed E-state index contributed by atoms with van der Waals surface area (Å²) in [5, 5.41) is 9.44. The highest BCUT2D eigenvalue weighted by Crippen LogP contribution is 2.25. The van der Waals surface area contributed by atoms with E-state index in [2.05, 4.69) is 33.8 Å². The van der Waals surface area contributed by atoms with E-state index in [1.807, 2.05) is 31.2 Å². The van der Waals surface area contributed by atoms with Crippen molar-refractivity contribution < 1.29 is 8.95 Å². The molecule has 0 radical (unpaired) electrons. The van der Waals surface area contributed by atoms with Crippen LogP contribution in [0.1, 0.15) is 32.6 Å². The van der Waals surface area contributed by atoms with Gasteiger partial charge in [-0.25, -0.2) is 0 Å². The van der Waals surface area contributed by atoms with E-state index in [0.717, 1.165) is 48.5 Å². The largest absolute Gasteiger partial charge is 0.491 e. The lowest BCUT2D eigenvalue weighted by Gasteiger charge is -2.30. The van der Waals surface area contributed by atoms with Gasteiger partial charge in [0.25, 0.3) is 0 Å². The Morgan fingerprint density at radius 2 is 2.04 bits per heavy atom. The zero-order chi connectivity index (χ0) is 19.8. The molecule has 0 saturated heterocycles. The summed E-state index contributed by atoms with van der Waals surface area (Å²) in [6, 6.07) is 14.7. The molecule has 0 aliphatic heterocycles. The van der Waals surface area contributed by atoms with Gasteiger partial charge in [0.2, 0.25) is 0 Å². The van der Waals surface area contributed by atoms with E-state index in [1.54, 1.807) is 7.05 Å². The number of ether oxygens (including phenoxy) is 1. The minimum absolute atomic E-state index is 0.309. The Bertz CT molecular complexity index is 819. The van der Waals surface area contributed by atoms with E-state index in [-0.39, 0.29) is 0 Å². The molecule has 1 saturated carbocycles. The van der Waals surface area contributed by atoms with E-state index in [1.165, 1.54) is 5.39 Å². The SMILES string of the molecule is CCS(=O)C1CCCC(NC(=NC)NCCOc2cccc3ccccc23)C1. The van der Waals surface area contributed by atoms with Gasteiger partial charge in [-0.05, 0) is 30.7 Å². The molecule has 28 heavy (non-hydrogen) atoms. The molecule has 0 spiro atoms. The van der Waals surface area contributed by atoms with Gasteiger partial charge in [-0.15, -0.1) is 0 Å². The van der Waals surface area contributed by atoms with Crippen molar-refractivity contribution in [3.63, 3.8) is 0 Å². The van der Waals surface area contributed by atoms with Crippen LogP contribution in [0.25, 0.3) is 10.8 Å². The molecule has 1 aliphatic carbocycles. The van der Waals surface area contributed by atoms with E-state index < -0.39 is 10.8 Å². The lowest BCUT2D eigenvalue weighted by Crippen LogP contribution is -2.47. The Morgan fingerprint density at radius 1 is 1.21 bits per heavy atom. The second-order valence-corrected chi connectivity index (χ2v) is 9.13. The molecule has 6 heteroatoms. The number of nitrogens with one attached hydrogen (secondary N) is 2. The number of hydrogen-bond donors (Lipinski definition) is 2. The molecule has 3 atom stereocenters. The normalized spacial score (nSPS) is 21.3. The van der Waals surface area contributed by atoms with Crippen molar-refractivity contribution in [2.45, 2.75) is 43.9 Å². The van der Waals surface area contributed by atoms with Crippen molar-refractivity contribution in [1.82, 2.24) is 10.6 Å². The summed E-state index contributed by atoms with van der Waals surface area (Å²) in [5.74, 6) is 2.44. The fourth-order valence-electron chi connectivity index (χ4n) is 3.79. The number of benzene rings is 2. The maximum atomic E-state index is 12.1. The number of aliphatic imine (C=N–C) groups is 1. The van der Waals surface area contributed by atoms with Crippen LogP contribution in [-0.4, -0.2) is 47.4 Å². The molecule has 0 bridgehead atoms. The zero-order valence-corrected chi connectivity index (χ0v) is 17.6. The lowest BCUT2D eigenvalue weighted by molar-refractivity contribution is 0.324. The Balaban J connectivity index is 1.46. The van der Waals surface area contributed by atoms with Crippen LogP contribution in [-0.2, 0) is 10.8 Å². The van der Waals surface area contributed by atoms with Gasteiger partial charge in [0.1, 0.15) is 12.4 Å². The molecule has 0 aromatic heterocycles. The number of hydrogen-bond acceptors (Lipinski definition) is 3. The van der Waals surface area contributed by atoms with Gasteiger partial charge in [-0.1, -0.05) is 49.7 Å². The van der Waals surface area contributed by atoms with Crippen molar-refractivity contribution in [2.24, 2.45) is 4.99 Å². The van der Waals surface area contributed by atoms with Crippen molar-refractivity contribution in [3.05, 3.63) is 42.5 Å². The molecule has 0 amide bonds. The molecule has 3 unspecified atom stereocenters. The molecule has 5 nitrogen and oxygen atoms in total. The van der Waals surface area contributed by atoms with Crippen LogP contribution in [0.15, 0.2) is 47.5 Å².